The lowest BCUT2D eigenvalue weighted by Crippen LogP contribution is -2.76. The fourth-order valence-electron chi connectivity index (χ4n) is 16.2. The number of fused-ring (bicyclic) bond motifs is 7. The molecule has 81 heavy (non-hydrogen) atoms. The van der Waals surface area contributed by atoms with Crippen molar-refractivity contribution in [3.63, 3.8) is 0 Å². The molecular weight excluding hydrogens is 1070 g/mol. The van der Waals surface area contributed by atoms with Crippen molar-refractivity contribution in [3.8, 4) is 0 Å². The molecule has 0 aromatic heterocycles. The number of rotatable bonds is 15. The summed E-state index contributed by atoms with van der Waals surface area (Å²) < 4.78 is 48.8. The van der Waals surface area contributed by atoms with Crippen molar-refractivity contribution in [3.05, 3.63) is 34.9 Å². The first kappa shape index (κ1) is 63.9. The van der Waals surface area contributed by atoms with Crippen molar-refractivity contribution in [1.82, 2.24) is 0 Å². The van der Waals surface area contributed by atoms with Crippen LogP contribution in [0.1, 0.15) is 108 Å². The second kappa shape index (κ2) is 23.3. The number of allylic oxidation sites excluding steroid dienone is 3. The van der Waals surface area contributed by atoms with E-state index < -0.39 is 205 Å². The molecule has 24 nitrogen and oxygen atoms in total. The third-order valence-electron chi connectivity index (χ3n) is 21.5. The largest absolute Gasteiger partial charge is 0.479 e. The Labute approximate surface area is 471 Å². The average molecular weight is 1160 g/mol. The average Bonchev–Trinajstić information content (AvgIpc) is 1.99. The van der Waals surface area contributed by atoms with Gasteiger partial charge in [0.1, 0.15) is 67.1 Å². The van der Waals surface area contributed by atoms with Crippen molar-refractivity contribution in [2.75, 3.05) is 26.4 Å². The monoisotopic (exact) mass is 1160 g/mol. The van der Waals surface area contributed by atoms with Gasteiger partial charge in [-0.1, -0.05) is 65.3 Å². The Morgan fingerprint density at radius 2 is 1.17 bits per heavy atom. The summed E-state index contributed by atoms with van der Waals surface area (Å²) in [6, 6.07) is 0. The smallest absolute Gasteiger partial charge is 0.335 e. The molecule has 5 aliphatic carbocycles. The molecule has 0 amide bonds. The van der Waals surface area contributed by atoms with Gasteiger partial charge in [0.05, 0.1) is 50.2 Å². The molecular formula is C57H88O24. The van der Waals surface area contributed by atoms with Crippen LogP contribution in [0.15, 0.2) is 34.9 Å². The number of carboxylic acids is 1. The van der Waals surface area contributed by atoms with Crippen molar-refractivity contribution < 1.29 is 119 Å². The van der Waals surface area contributed by atoms with Crippen LogP contribution in [0.2, 0.25) is 0 Å². The number of hydrogen-bond acceptors (Lipinski definition) is 23. The normalized spacial score (nSPS) is 49.8. The van der Waals surface area contributed by atoms with E-state index in [2.05, 4.69) is 19.9 Å². The number of carbonyl (C=O) groups is 3. The molecule has 24 heteroatoms. The zero-order chi connectivity index (χ0) is 60.0. The summed E-state index contributed by atoms with van der Waals surface area (Å²) in [5, 5.41) is 146. The van der Waals surface area contributed by atoms with Gasteiger partial charge in [-0.2, -0.15) is 0 Å². The Hall–Kier alpha value is -3.09. The molecule has 0 radical (unpaired) electrons. The molecule has 3 aliphatic heterocycles. The summed E-state index contributed by atoms with van der Waals surface area (Å²) in [6.45, 7) is 15.3. The summed E-state index contributed by atoms with van der Waals surface area (Å²) in [5.74, 6) is -4.48. The lowest BCUT2D eigenvalue weighted by atomic mass is 9.32. The molecule has 3 saturated heterocycles. The van der Waals surface area contributed by atoms with E-state index in [1.54, 1.807) is 39.8 Å². The topological polar surface area (TPSA) is 388 Å². The van der Waals surface area contributed by atoms with Crippen LogP contribution in [0, 0.1) is 50.2 Å². The fourth-order valence-corrected chi connectivity index (χ4v) is 16.2. The molecule has 0 aromatic rings. The van der Waals surface area contributed by atoms with E-state index in [9.17, 15) is 80.8 Å². The number of hydrogen-bond donors (Lipinski definition) is 13. The molecule has 460 valence electrons. The first-order valence-corrected chi connectivity index (χ1v) is 28.3. The summed E-state index contributed by atoms with van der Waals surface area (Å²) in [4.78, 5) is 40.4. The van der Waals surface area contributed by atoms with E-state index in [4.69, 9.17) is 37.9 Å². The van der Waals surface area contributed by atoms with E-state index in [-0.39, 0.29) is 24.3 Å². The summed E-state index contributed by atoms with van der Waals surface area (Å²) in [6.07, 6.45) is -25.7. The molecule has 27 atom stereocenters. The SMILES string of the molecule is C/C=C(/C)C(=O)O[C@H]1[C@H](OC(=O)/C(C)=C\C)[C@@]2(CO)C(CC1(C)C)C1=CCC3[C@@]4(C)CC[C@H](O[C@@H]5OC(C(=O)O)[C@@H](O)[C@@H](O[C@@H]6O[C@@H](CO)C(O)[C@@H]6O)C5O[C@@H]5OC(CO)[C@@H](O)[C@@H](O)C5O)[C@@](C)(CO)C4CC[C@@]3(C)[C@]1(C)[C@@H](O)[C@H]2O. The summed E-state index contributed by atoms with van der Waals surface area (Å²) in [7, 11) is 0. The van der Waals surface area contributed by atoms with Crippen LogP contribution in [-0.2, 0) is 52.3 Å². The quantitative estimate of drug-likeness (QED) is 0.0415. The number of aliphatic carboxylic acids is 1. The van der Waals surface area contributed by atoms with Gasteiger partial charge in [-0.05, 0) is 94.8 Å². The molecule has 0 aromatic carbocycles. The molecule has 8 unspecified atom stereocenters. The minimum atomic E-state index is -2.18. The fraction of sp³-hybridized carbons (Fsp3) is 0.842. The van der Waals surface area contributed by atoms with Gasteiger partial charge in [-0.15, -0.1) is 0 Å². The van der Waals surface area contributed by atoms with Gasteiger partial charge >= 0.3 is 17.9 Å². The zero-order valence-electron chi connectivity index (χ0n) is 47.8. The van der Waals surface area contributed by atoms with E-state index >= 15 is 0 Å². The highest BCUT2D eigenvalue weighted by Crippen LogP contribution is 2.76. The van der Waals surface area contributed by atoms with E-state index in [1.165, 1.54) is 0 Å². The van der Waals surface area contributed by atoms with Crippen molar-refractivity contribution in [2.24, 2.45) is 50.2 Å². The van der Waals surface area contributed by atoms with Gasteiger partial charge in [0.2, 0.25) is 0 Å². The van der Waals surface area contributed by atoms with Crippen LogP contribution >= 0.6 is 0 Å². The zero-order valence-corrected chi connectivity index (χ0v) is 47.8. The Kier molecular flexibility index (Phi) is 18.4. The maximum atomic E-state index is 13.9. The predicted octanol–water partition coefficient (Wildman–Crippen LogP) is -0.765. The van der Waals surface area contributed by atoms with Gasteiger partial charge in [-0.3, -0.25) is 0 Å². The molecule has 0 spiro atoms. The molecule has 0 bridgehead atoms. The first-order chi connectivity index (χ1) is 37.9. The van der Waals surface area contributed by atoms with E-state index in [0.717, 1.165) is 5.57 Å². The number of aliphatic hydroxyl groups is 12. The standard InChI is InChI=1S/C57H88O24/c1-11-24(3)47(72)80-44-45(81-48(73)25(4)12-2)57(23-61)27(19-52(44,5)6)26-13-14-31-53(7)17-16-32(54(8,22-60)30(53)15-18-55(31,9)56(26,10)42(68)43(57)69)76-51-41(79-50-37(66)35(64)33(62)28(20-58)74-50)39(38(67)40(78-51)46(70)71)77-49-36(65)34(63)29(21-59)75-49/h11-13,27-45,49-51,58-69H,14-23H2,1-10H3,(H,70,71)/b24-11-,25-12-/t27?,28?,29-,30?,31?,32-,33+,34?,35+,36-,37?,38-,39+,40?,41?,42-,43+,44-,45-,49-,50-,51+,53-,54-,55+,56-,57-/m0/s1. The Bertz CT molecular complexity index is 2410. The predicted molar refractivity (Wildman–Crippen MR) is 278 cm³/mol. The number of esters is 2. The van der Waals surface area contributed by atoms with Crippen LogP contribution in [0.5, 0.6) is 0 Å². The minimum absolute atomic E-state index is 0.165. The summed E-state index contributed by atoms with van der Waals surface area (Å²) >= 11 is 0. The van der Waals surface area contributed by atoms with Crippen LogP contribution in [-0.4, -0.2) is 227 Å². The maximum Gasteiger partial charge on any atom is 0.335 e. The van der Waals surface area contributed by atoms with Crippen LogP contribution in [0.3, 0.4) is 0 Å². The lowest BCUT2D eigenvalue weighted by Gasteiger charge is -2.73. The van der Waals surface area contributed by atoms with Crippen molar-refractivity contribution in [2.45, 2.75) is 224 Å². The number of aliphatic hydroxyl groups excluding tert-OH is 12. The number of carbonyl (C=O) groups excluding carboxylic acids is 2. The first-order valence-electron chi connectivity index (χ1n) is 28.3. The number of ether oxygens (including phenoxy) is 8. The molecule has 7 fully saturated rings. The second-order valence-electron chi connectivity index (χ2n) is 25.9. The molecule has 13 N–H and O–H groups in total. The van der Waals surface area contributed by atoms with Crippen molar-refractivity contribution >= 4 is 17.9 Å². The Balaban J connectivity index is 1.15. The lowest BCUT2D eigenvalue weighted by molar-refractivity contribution is -0.387. The van der Waals surface area contributed by atoms with Crippen LogP contribution in [0.25, 0.3) is 0 Å². The van der Waals surface area contributed by atoms with E-state index in [1.807, 2.05) is 27.7 Å². The third kappa shape index (κ3) is 9.98. The summed E-state index contributed by atoms with van der Waals surface area (Å²) in [5.41, 5.74) is -5.25. The Morgan fingerprint density at radius 3 is 1.70 bits per heavy atom. The molecule has 4 saturated carbocycles. The highest BCUT2D eigenvalue weighted by Gasteiger charge is 2.77. The van der Waals surface area contributed by atoms with Gasteiger partial charge in [0.25, 0.3) is 0 Å². The molecule has 3 heterocycles. The van der Waals surface area contributed by atoms with Crippen molar-refractivity contribution in [1.29, 1.82) is 0 Å². The van der Waals surface area contributed by atoms with Gasteiger partial charge in [0, 0.05) is 27.4 Å². The molecule has 8 rings (SSSR count). The second-order valence-corrected chi connectivity index (χ2v) is 25.9. The minimum Gasteiger partial charge on any atom is -0.479 e. The van der Waals surface area contributed by atoms with Gasteiger partial charge < -0.3 is 104 Å². The third-order valence-corrected chi connectivity index (χ3v) is 21.5. The highest BCUT2D eigenvalue weighted by atomic mass is 16.8. The number of carboxylic acid groups (broad SMARTS) is 1. The van der Waals surface area contributed by atoms with Gasteiger partial charge in [-0.25, -0.2) is 14.4 Å². The van der Waals surface area contributed by atoms with Gasteiger partial charge in [0.15, 0.2) is 31.1 Å². The highest BCUT2D eigenvalue weighted by molar-refractivity contribution is 5.89. The Morgan fingerprint density at radius 1 is 0.630 bits per heavy atom. The van der Waals surface area contributed by atoms with Crippen LogP contribution in [0.4, 0.5) is 0 Å². The van der Waals surface area contributed by atoms with Crippen LogP contribution < -0.4 is 0 Å². The molecule has 8 aliphatic rings. The van der Waals surface area contributed by atoms with E-state index in [0.29, 0.717) is 31.3 Å². The maximum absolute atomic E-state index is 13.9.